The third-order valence-corrected chi connectivity index (χ3v) is 4.37. The molecule has 6 heteroatoms. The lowest BCUT2D eigenvalue weighted by Crippen LogP contribution is -2.31. The second kappa shape index (κ2) is 7.09. The van der Waals surface area contributed by atoms with Crippen molar-refractivity contribution in [3.63, 3.8) is 0 Å². The number of para-hydroxylation sites is 2. The Kier molecular flexibility index (Phi) is 4.88. The summed E-state index contributed by atoms with van der Waals surface area (Å²) in [6.45, 7) is 5.45. The first-order chi connectivity index (χ1) is 12.1. The highest BCUT2D eigenvalue weighted by molar-refractivity contribution is 5.84. The molecule has 0 aliphatic heterocycles. The van der Waals surface area contributed by atoms with Crippen LogP contribution in [0.25, 0.3) is 16.7 Å². The van der Waals surface area contributed by atoms with Gasteiger partial charge in [-0.05, 0) is 37.6 Å². The number of imidazole rings is 1. The van der Waals surface area contributed by atoms with Crippen molar-refractivity contribution in [1.82, 2.24) is 14.3 Å². The van der Waals surface area contributed by atoms with E-state index >= 15 is 0 Å². The van der Waals surface area contributed by atoms with Gasteiger partial charge < -0.3 is 15.0 Å². The van der Waals surface area contributed by atoms with E-state index in [-0.39, 0.29) is 5.56 Å². The molecule has 2 N–H and O–H groups in total. The first-order valence-corrected chi connectivity index (χ1v) is 8.51. The zero-order chi connectivity index (χ0) is 18.0. The fraction of sp³-hybridized carbons (Fsp3) is 0.368. The second-order valence-electron chi connectivity index (χ2n) is 6.27. The Hall–Kier alpha value is -2.62. The van der Waals surface area contributed by atoms with Crippen molar-refractivity contribution in [2.24, 2.45) is 0 Å². The average molecular weight is 338 g/mol. The van der Waals surface area contributed by atoms with Gasteiger partial charge in [-0.3, -0.25) is 9.20 Å². The summed E-state index contributed by atoms with van der Waals surface area (Å²) in [5.41, 5.74) is 3.06. The molecule has 0 bridgehead atoms. The van der Waals surface area contributed by atoms with Crippen molar-refractivity contribution in [1.29, 1.82) is 5.26 Å². The maximum atomic E-state index is 12.6. The Morgan fingerprint density at radius 2 is 2.04 bits per heavy atom. The van der Waals surface area contributed by atoms with E-state index < -0.39 is 6.10 Å². The van der Waals surface area contributed by atoms with E-state index in [1.54, 1.807) is 11.3 Å². The molecule has 3 aromatic rings. The summed E-state index contributed by atoms with van der Waals surface area (Å²) in [7, 11) is 0. The molecule has 1 atom stereocenters. The Morgan fingerprint density at radius 3 is 2.72 bits per heavy atom. The molecule has 3 rings (SSSR count). The van der Waals surface area contributed by atoms with Gasteiger partial charge in [-0.25, -0.2) is 0 Å². The summed E-state index contributed by atoms with van der Waals surface area (Å²) < 4.78 is 3.44. The van der Waals surface area contributed by atoms with Crippen molar-refractivity contribution >= 4 is 16.7 Å². The lowest BCUT2D eigenvalue weighted by Gasteiger charge is -2.15. The molecular formula is C19H22N4O2. The number of benzene rings is 1. The summed E-state index contributed by atoms with van der Waals surface area (Å²) in [6.07, 6.45) is 0.378. The Balaban J connectivity index is 2.22. The zero-order valence-corrected chi connectivity index (χ0v) is 14.5. The third-order valence-electron chi connectivity index (χ3n) is 4.37. The van der Waals surface area contributed by atoms with E-state index in [2.05, 4.69) is 18.3 Å². The minimum Gasteiger partial charge on any atom is -0.390 e. The molecule has 2 aromatic heterocycles. The molecule has 6 nitrogen and oxygen atoms in total. The van der Waals surface area contributed by atoms with Gasteiger partial charge in [-0.1, -0.05) is 19.1 Å². The topological polar surface area (TPSA) is 82.5 Å². The number of hydrogen-bond donors (Lipinski definition) is 2. The predicted octanol–water partition coefficient (Wildman–Crippen LogP) is 1.79. The van der Waals surface area contributed by atoms with Crippen molar-refractivity contribution in [3.8, 4) is 6.07 Å². The van der Waals surface area contributed by atoms with Crippen LogP contribution in [-0.2, 0) is 6.54 Å². The quantitative estimate of drug-likeness (QED) is 0.672. The van der Waals surface area contributed by atoms with E-state index in [0.29, 0.717) is 29.9 Å². The lowest BCUT2D eigenvalue weighted by molar-refractivity contribution is 0.154. The maximum absolute atomic E-state index is 12.6. The molecule has 0 aliphatic carbocycles. The fourth-order valence-corrected chi connectivity index (χ4v) is 3.24. The fourth-order valence-electron chi connectivity index (χ4n) is 3.24. The van der Waals surface area contributed by atoms with Crippen LogP contribution < -0.4 is 10.9 Å². The minimum atomic E-state index is -0.617. The van der Waals surface area contributed by atoms with Crippen LogP contribution in [0.3, 0.4) is 0 Å². The van der Waals surface area contributed by atoms with Crippen LogP contribution in [0, 0.1) is 18.3 Å². The zero-order valence-electron chi connectivity index (χ0n) is 14.5. The van der Waals surface area contributed by atoms with Crippen molar-refractivity contribution in [2.75, 3.05) is 13.1 Å². The normalized spacial score (nSPS) is 12.6. The van der Waals surface area contributed by atoms with Crippen LogP contribution in [0.2, 0.25) is 0 Å². The highest BCUT2D eigenvalue weighted by atomic mass is 16.3. The largest absolute Gasteiger partial charge is 0.390 e. The minimum absolute atomic E-state index is 0.167. The number of aliphatic hydroxyl groups excluding tert-OH is 1. The van der Waals surface area contributed by atoms with Gasteiger partial charge in [0.2, 0.25) is 0 Å². The predicted molar refractivity (Wildman–Crippen MR) is 97.8 cm³/mol. The molecule has 0 aliphatic rings. The summed E-state index contributed by atoms with van der Waals surface area (Å²) in [5.74, 6) is 0. The average Bonchev–Trinajstić information content (AvgIpc) is 2.90. The molecule has 1 aromatic carbocycles. The number of rotatable bonds is 6. The highest BCUT2D eigenvalue weighted by Crippen LogP contribution is 2.23. The number of pyridine rings is 1. The van der Waals surface area contributed by atoms with Crippen LogP contribution in [-0.4, -0.2) is 33.3 Å². The molecule has 0 fully saturated rings. The van der Waals surface area contributed by atoms with Gasteiger partial charge in [0, 0.05) is 12.6 Å². The standard InChI is InChI=1S/C19H22N4O2/c1-3-8-21-11-14(24)12-22-16-6-4-5-7-17(16)23-18(25)9-13(2)15(10-20)19(22)23/h4-7,9,14,21,24H,3,8,11-12H2,1-2H3/t14-/m0/s1. The number of hydrogen-bond acceptors (Lipinski definition) is 4. The molecule has 0 radical (unpaired) electrons. The smallest absolute Gasteiger partial charge is 0.257 e. The Morgan fingerprint density at radius 1 is 1.32 bits per heavy atom. The van der Waals surface area contributed by atoms with Gasteiger partial charge in [0.1, 0.15) is 11.7 Å². The van der Waals surface area contributed by atoms with Gasteiger partial charge in [0.15, 0.2) is 0 Å². The van der Waals surface area contributed by atoms with Gasteiger partial charge in [0.05, 0.1) is 29.2 Å². The number of fused-ring (bicyclic) bond motifs is 3. The molecule has 0 amide bonds. The van der Waals surface area contributed by atoms with E-state index in [0.717, 1.165) is 24.0 Å². The number of nitriles is 1. The van der Waals surface area contributed by atoms with E-state index in [4.69, 9.17) is 0 Å². The second-order valence-corrected chi connectivity index (χ2v) is 6.27. The van der Waals surface area contributed by atoms with Gasteiger partial charge in [0.25, 0.3) is 5.56 Å². The number of nitrogens with zero attached hydrogens (tertiary/aromatic N) is 3. The Bertz CT molecular complexity index is 1010. The monoisotopic (exact) mass is 338 g/mol. The third kappa shape index (κ3) is 3.04. The van der Waals surface area contributed by atoms with Gasteiger partial charge >= 0.3 is 0 Å². The molecule has 130 valence electrons. The van der Waals surface area contributed by atoms with Crippen LogP contribution in [0.1, 0.15) is 24.5 Å². The number of aromatic nitrogens is 2. The molecule has 0 unspecified atom stereocenters. The summed E-state index contributed by atoms with van der Waals surface area (Å²) >= 11 is 0. The molecule has 0 saturated heterocycles. The van der Waals surface area contributed by atoms with Crippen molar-refractivity contribution in [3.05, 3.63) is 51.8 Å². The lowest BCUT2D eigenvalue weighted by atomic mass is 10.1. The summed E-state index contributed by atoms with van der Waals surface area (Å²) in [4.78, 5) is 12.6. The first-order valence-electron chi connectivity index (χ1n) is 8.51. The first kappa shape index (κ1) is 17.2. The van der Waals surface area contributed by atoms with Gasteiger partial charge in [-0.15, -0.1) is 0 Å². The molecular weight excluding hydrogens is 316 g/mol. The molecule has 0 spiro atoms. The molecule has 2 heterocycles. The van der Waals surface area contributed by atoms with Crippen LogP contribution in [0.5, 0.6) is 0 Å². The molecule has 25 heavy (non-hydrogen) atoms. The number of nitrogens with one attached hydrogen (secondary N) is 1. The summed E-state index contributed by atoms with van der Waals surface area (Å²) in [5, 5.41) is 23.2. The number of aliphatic hydroxyl groups is 1. The van der Waals surface area contributed by atoms with Crippen LogP contribution in [0.15, 0.2) is 35.1 Å². The van der Waals surface area contributed by atoms with Crippen LogP contribution in [0.4, 0.5) is 0 Å². The SMILES string of the molecule is CCCNC[C@H](O)Cn1c2ccccc2n2c(=O)cc(C)c(C#N)c12. The maximum Gasteiger partial charge on any atom is 0.257 e. The van der Waals surface area contributed by atoms with Crippen molar-refractivity contribution in [2.45, 2.75) is 32.9 Å². The Labute approximate surface area is 145 Å². The number of aryl methyl sites for hydroxylation is 1. The van der Waals surface area contributed by atoms with Gasteiger partial charge in [-0.2, -0.15) is 5.26 Å². The molecule has 0 saturated carbocycles. The van der Waals surface area contributed by atoms with Crippen molar-refractivity contribution < 1.29 is 5.11 Å². The summed E-state index contributed by atoms with van der Waals surface area (Å²) in [6, 6.07) is 11.2. The van der Waals surface area contributed by atoms with E-state index in [1.807, 2.05) is 28.8 Å². The van der Waals surface area contributed by atoms with E-state index in [1.165, 1.54) is 6.07 Å². The van der Waals surface area contributed by atoms with E-state index in [9.17, 15) is 15.2 Å². The highest BCUT2D eigenvalue weighted by Gasteiger charge is 2.19. The van der Waals surface area contributed by atoms with Crippen LogP contribution >= 0.6 is 0 Å².